The van der Waals surface area contributed by atoms with Gasteiger partial charge in [0.05, 0.1) is 6.61 Å². The Morgan fingerprint density at radius 3 is 2.43 bits per heavy atom. The number of hydrogen-bond donors (Lipinski definition) is 2. The molecule has 1 aromatic carbocycles. The summed E-state index contributed by atoms with van der Waals surface area (Å²) in [4.78, 5) is 2.56. The van der Waals surface area contributed by atoms with Gasteiger partial charge in [-0.05, 0) is 43.8 Å². The van der Waals surface area contributed by atoms with Gasteiger partial charge in [0.2, 0.25) is 0 Å². The van der Waals surface area contributed by atoms with E-state index in [0.717, 1.165) is 12.3 Å². The summed E-state index contributed by atoms with van der Waals surface area (Å²) in [6.07, 6.45) is 3.29. The van der Waals surface area contributed by atoms with Crippen LogP contribution in [0.5, 0.6) is 0 Å². The standard InChI is InChI=1S/C18H30N2O/c1-15(2)13-20-10-8-17(9-11-20)19-18(14-21)12-16-6-4-3-5-7-16/h3-7,15,17-19,21H,8-14H2,1-2H3. The van der Waals surface area contributed by atoms with Gasteiger partial charge >= 0.3 is 0 Å². The summed E-state index contributed by atoms with van der Waals surface area (Å²) in [7, 11) is 0. The number of aliphatic hydroxyl groups excluding tert-OH is 1. The van der Waals surface area contributed by atoms with Gasteiger partial charge in [-0.1, -0.05) is 44.2 Å². The maximum atomic E-state index is 9.62. The van der Waals surface area contributed by atoms with Crippen LogP contribution < -0.4 is 5.32 Å². The lowest BCUT2D eigenvalue weighted by Gasteiger charge is -2.35. The third kappa shape index (κ3) is 5.77. The minimum absolute atomic E-state index is 0.175. The normalized spacial score (nSPS) is 19.0. The molecule has 1 saturated heterocycles. The van der Waals surface area contributed by atoms with Crippen molar-refractivity contribution < 1.29 is 5.11 Å². The first-order valence-electron chi connectivity index (χ1n) is 8.30. The Kier molecular flexibility index (Phi) is 6.68. The largest absolute Gasteiger partial charge is 0.395 e. The lowest BCUT2D eigenvalue weighted by atomic mass is 10.0. The summed E-state index contributed by atoms with van der Waals surface area (Å²) in [6.45, 7) is 8.35. The molecule has 3 nitrogen and oxygen atoms in total. The van der Waals surface area contributed by atoms with E-state index in [4.69, 9.17) is 0 Å². The third-order valence-corrected chi connectivity index (χ3v) is 4.23. The molecule has 1 aliphatic heterocycles. The Hall–Kier alpha value is -0.900. The van der Waals surface area contributed by atoms with Crippen LogP contribution in [-0.2, 0) is 6.42 Å². The van der Waals surface area contributed by atoms with Crippen molar-refractivity contribution in [1.82, 2.24) is 10.2 Å². The zero-order chi connectivity index (χ0) is 15.1. The smallest absolute Gasteiger partial charge is 0.0587 e. The highest BCUT2D eigenvalue weighted by atomic mass is 16.3. The zero-order valence-corrected chi connectivity index (χ0v) is 13.5. The number of aliphatic hydroxyl groups is 1. The maximum Gasteiger partial charge on any atom is 0.0587 e. The molecule has 1 atom stereocenters. The van der Waals surface area contributed by atoms with Crippen molar-refractivity contribution in [2.24, 2.45) is 5.92 Å². The first-order chi connectivity index (χ1) is 10.2. The quantitative estimate of drug-likeness (QED) is 0.809. The van der Waals surface area contributed by atoms with Crippen LogP contribution in [0, 0.1) is 5.92 Å². The van der Waals surface area contributed by atoms with E-state index in [1.165, 1.54) is 38.0 Å². The molecule has 3 heteroatoms. The highest BCUT2D eigenvalue weighted by Crippen LogP contribution is 2.13. The molecule has 0 radical (unpaired) electrons. The van der Waals surface area contributed by atoms with Crippen molar-refractivity contribution in [3.05, 3.63) is 35.9 Å². The number of piperidine rings is 1. The highest BCUT2D eigenvalue weighted by Gasteiger charge is 2.21. The van der Waals surface area contributed by atoms with E-state index in [2.05, 4.69) is 48.3 Å². The molecule has 0 saturated carbocycles. The SMILES string of the molecule is CC(C)CN1CCC(NC(CO)Cc2ccccc2)CC1. The minimum atomic E-state index is 0.175. The van der Waals surface area contributed by atoms with Gasteiger partial charge in [0, 0.05) is 18.6 Å². The topological polar surface area (TPSA) is 35.5 Å². The third-order valence-electron chi connectivity index (χ3n) is 4.23. The van der Waals surface area contributed by atoms with Gasteiger partial charge < -0.3 is 15.3 Å². The fraction of sp³-hybridized carbons (Fsp3) is 0.667. The van der Waals surface area contributed by atoms with Crippen LogP contribution in [0.15, 0.2) is 30.3 Å². The summed E-state index contributed by atoms with van der Waals surface area (Å²) in [5.41, 5.74) is 1.29. The van der Waals surface area contributed by atoms with Gasteiger partial charge in [0.25, 0.3) is 0 Å². The second-order valence-corrected chi connectivity index (χ2v) is 6.70. The Morgan fingerprint density at radius 2 is 1.86 bits per heavy atom. The van der Waals surface area contributed by atoms with Crippen LogP contribution in [0.4, 0.5) is 0 Å². The molecule has 2 N–H and O–H groups in total. The van der Waals surface area contributed by atoms with Crippen molar-refractivity contribution in [2.75, 3.05) is 26.2 Å². The molecule has 1 aliphatic rings. The Morgan fingerprint density at radius 1 is 1.19 bits per heavy atom. The fourth-order valence-electron chi connectivity index (χ4n) is 3.21. The van der Waals surface area contributed by atoms with Gasteiger partial charge in [0.1, 0.15) is 0 Å². The molecule has 1 unspecified atom stereocenters. The van der Waals surface area contributed by atoms with Crippen LogP contribution in [0.25, 0.3) is 0 Å². The maximum absolute atomic E-state index is 9.62. The van der Waals surface area contributed by atoms with Crippen molar-refractivity contribution >= 4 is 0 Å². The predicted octanol–water partition coefficient (Wildman–Crippen LogP) is 2.30. The van der Waals surface area contributed by atoms with Gasteiger partial charge in [-0.2, -0.15) is 0 Å². The van der Waals surface area contributed by atoms with Crippen LogP contribution in [0.1, 0.15) is 32.3 Å². The Bertz CT molecular complexity index is 385. The molecule has 1 aromatic rings. The average Bonchev–Trinajstić information content (AvgIpc) is 2.49. The van der Waals surface area contributed by atoms with E-state index in [-0.39, 0.29) is 12.6 Å². The molecule has 0 bridgehead atoms. The average molecular weight is 290 g/mol. The molecule has 0 aliphatic carbocycles. The molecular weight excluding hydrogens is 260 g/mol. The van der Waals surface area contributed by atoms with E-state index in [1.54, 1.807) is 0 Å². The summed E-state index contributed by atoms with van der Waals surface area (Å²) in [5.74, 6) is 0.748. The monoisotopic (exact) mass is 290 g/mol. The van der Waals surface area contributed by atoms with E-state index >= 15 is 0 Å². The molecule has 2 rings (SSSR count). The van der Waals surface area contributed by atoms with Crippen molar-refractivity contribution in [2.45, 2.75) is 45.2 Å². The first-order valence-corrected chi connectivity index (χ1v) is 8.30. The first kappa shape index (κ1) is 16.5. The minimum Gasteiger partial charge on any atom is -0.395 e. The number of likely N-dealkylation sites (tertiary alicyclic amines) is 1. The highest BCUT2D eigenvalue weighted by molar-refractivity contribution is 5.16. The molecule has 118 valence electrons. The molecule has 1 fully saturated rings. The number of nitrogens with one attached hydrogen (secondary N) is 1. The number of benzene rings is 1. The Labute approximate surface area is 129 Å². The molecule has 0 aromatic heterocycles. The van der Waals surface area contributed by atoms with Gasteiger partial charge in [-0.15, -0.1) is 0 Å². The van der Waals surface area contributed by atoms with Crippen molar-refractivity contribution in [3.8, 4) is 0 Å². The second kappa shape index (κ2) is 8.52. The summed E-state index contributed by atoms with van der Waals surface area (Å²) >= 11 is 0. The van der Waals surface area contributed by atoms with E-state index in [9.17, 15) is 5.11 Å². The lowest BCUT2D eigenvalue weighted by Crippen LogP contribution is -2.48. The summed E-state index contributed by atoms with van der Waals surface area (Å²) in [6, 6.07) is 11.2. The Balaban J connectivity index is 1.75. The van der Waals surface area contributed by atoms with Crippen LogP contribution in [0.3, 0.4) is 0 Å². The second-order valence-electron chi connectivity index (χ2n) is 6.70. The number of rotatable bonds is 7. The predicted molar refractivity (Wildman–Crippen MR) is 88.5 cm³/mol. The molecule has 0 amide bonds. The van der Waals surface area contributed by atoms with E-state index < -0.39 is 0 Å². The van der Waals surface area contributed by atoms with E-state index in [0.29, 0.717) is 6.04 Å². The van der Waals surface area contributed by atoms with Crippen LogP contribution >= 0.6 is 0 Å². The summed E-state index contributed by atoms with van der Waals surface area (Å²) in [5, 5.41) is 13.3. The lowest BCUT2D eigenvalue weighted by molar-refractivity contribution is 0.160. The number of hydrogen-bond acceptors (Lipinski definition) is 3. The van der Waals surface area contributed by atoms with E-state index in [1.807, 2.05) is 6.07 Å². The van der Waals surface area contributed by atoms with Gasteiger partial charge in [-0.3, -0.25) is 0 Å². The van der Waals surface area contributed by atoms with Crippen molar-refractivity contribution in [3.63, 3.8) is 0 Å². The van der Waals surface area contributed by atoms with Gasteiger partial charge in [-0.25, -0.2) is 0 Å². The van der Waals surface area contributed by atoms with Gasteiger partial charge in [0.15, 0.2) is 0 Å². The molecule has 1 heterocycles. The molecule has 0 spiro atoms. The van der Waals surface area contributed by atoms with Crippen LogP contribution in [-0.4, -0.2) is 48.3 Å². The molecular formula is C18H30N2O. The van der Waals surface area contributed by atoms with Crippen LogP contribution in [0.2, 0.25) is 0 Å². The number of nitrogens with zero attached hydrogens (tertiary/aromatic N) is 1. The zero-order valence-electron chi connectivity index (χ0n) is 13.5. The van der Waals surface area contributed by atoms with Crippen molar-refractivity contribution in [1.29, 1.82) is 0 Å². The molecule has 21 heavy (non-hydrogen) atoms. The fourth-order valence-corrected chi connectivity index (χ4v) is 3.21. The summed E-state index contributed by atoms with van der Waals surface area (Å²) < 4.78 is 0.